The predicted octanol–water partition coefficient (Wildman–Crippen LogP) is 4.72. The van der Waals surface area contributed by atoms with Gasteiger partial charge in [0, 0.05) is 21.4 Å². The number of benzene rings is 1. The number of rotatable bonds is 6. The molecule has 0 saturated carbocycles. The Hall–Kier alpha value is -1.33. The van der Waals surface area contributed by atoms with E-state index in [4.69, 9.17) is 0 Å². The SMILES string of the molecule is CCC(CC)(c1ccc(O)c(C)c1)c1cc(C)c(CS(C)(=O)=O)s1. The molecule has 0 bridgehead atoms. The highest BCUT2D eigenvalue weighted by Crippen LogP contribution is 2.44. The maximum Gasteiger partial charge on any atom is 0.152 e. The zero-order valence-electron chi connectivity index (χ0n) is 15.0. The number of phenols is 1. The fourth-order valence-corrected chi connectivity index (χ4v) is 6.14. The molecular weight excluding hydrogens is 340 g/mol. The third-order valence-electron chi connectivity index (χ3n) is 4.84. The lowest BCUT2D eigenvalue weighted by Gasteiger charge is -2.32. The van der Waals surface area contributed by atoms with Gasteiger partial charge in [-0.2, -0.15) is 0 Å². The highest BCUT2D eigenvalue weighted by atomic mass is 32.2. The number of thiophene rings is 1. The molecule has 0 spiro atoms. The molecule has 0 aliphatic rings. The lowest BCUT2D eigenvalue weighted by atomic mass is 9.74. The second-order valence-corrected chi connectivity index (χ2v) is 9.85. The monoisotopic (exact) mass is 366 g/mol. The van der Waals surface area contributed by atoms with Crippen LogP contribution in [0.4, 0.5) is 0 Å². The maximum atomic E-state index is 11.7. The van der Waals surface area contributed by atoms with Gasteiger partial charge < -0.3 is 5.11 Å². The Bertz CT molecular complexity index is 828. The molecule has 132 valence electrons. The number of hydrogen-bond donors (Lipinski definition) is 1. The van der Waals surface area contributed by atoms with Crippen LogP contribution in [-0.2, 0) is 21.0 Å². The van der Waals surface area contributed by atoms with Crippen LogP contribution in [0, 0.1) is 13.8 Å². The van der Waals surface area contributed by atoms with Gasteiger partial charge in [-0.3, -0.25) is 0 Å². The Morgan fingerprint density at radius 3 is 2.21 bits per heavy atom. The van der Waals surface area contributed by atoms with E-state index in [9.17, 15) is 13.5 Å². The highest BCUT2D eigenvalue weighted by molar-refractivity contribution is 7.90. The maximum absolute atomic E-state index is 11.7. The first kappa shape index (κ1) is 19.0. The van der Waals surface area contributed by atoms with Crippen molar-refractivity contribution in [1.82, 2.24) is 0 Å². The van der Waals surface area contributed by atoms with Crippen molar-refractivity contribution in [3.8, 4) is 5.75 Å². The molecule has 3 nitrogen and oxygen atoms in total. The van der Waals surface area contributed by atoms with Crippen LogP contribution in [0.1, 0.15) is 53.1 Å². The van der Waals surface area contributed by atoms with Gasteiger partial charge in [0.05, 0.1) is 5.75 Å². The summed E-state index contributed by atoms with van der Waals surface area (Å²) in [6.07, 6.45) is 3.13. The van der Waals surface area contributed by atoms with E-state index < -0.39 is 9.84 Å². The molecule has 1 heterocycles. The van der Waals surface area contributed by atoms with Crippen LogP contribution in [0.3, 0.4) is 0 Å². The van der Waals surface area contributed by atoms with Gasteiger partial charge in [0.2, 0.25) is 0 Å². The number of aryl methyl sites for hydroxylation is 2. The standard InChI is InChI=1S/C19H26O3S2/c1-6-19(7-2,15-8-9-16(20)13(3)10-15)18-11-14(4)17(23-18)12-24(5,21)22/h8-11,20H,6-7,12H2,1-5H3. The van der Waals surface area contributed by atoms with Crippen molar-refractivity contribution in [3.05, 3.63) is 50.7 Å². The van der Waals surface area contributed by atoms with Crippen LogP contribution in [0.15, 0.2) is 24.3 Å². The molecular formula is C19H26O3S2. The second kappa shape index (κ2) is 6.89. The van der Waals surface area contributed by atoms with Crippen molar-refractivity contribution in [2.24, 2.45) is 0 Å². The van der Waals surface area contributed by atoms with Crippen molar-refractivity contribution in [2.75, 3.05) is 6.26 Å². The van der Waals surface area contributed by atoms with Gasteiger partial charge in [-0.05, 0) is 55.5 Å². The summed E-state index contributed by atoms with van der Waals surface area (Å²) >= 11 is 1.61. The van der Waals surface area contributed by atoms with Crippen molar-refractivity contribution in [1.29, 1.82) is 0 Å². The van der Waals surface area contributed by atoms with E-state index in [0.29, 0.717) is 5.75 Å². The minimum absolute atomic E-state index is 0.0988. The first-order valence-electron chi connectivity index (χ1n) is 8.20. The fourth-order valence-electron chi connectivity index (χ4n) is 3.24. The Labute approximate surface area is 149 Å². The van der Waals surface area contributed by atoms with E-state index in [1.165, 1.54) is 16.7 Å². The first-order valence-corrected chi connectivity index (χ1v) is 11.1. The van der Waals surface area contributed by atoms with Crippen LogP contribution in [0.2, 0.25) is 0 Å². The van der Waals surface area contributed by atoms with Gasteiger partial charge in [-0.15, -0.1) is 11.3 Å². The summed E-state index contributed by atoms with van der Waals surface area (Å²) in [4.78, 5) is 2.13. The summed E-state index contributed by atoms with van der Waals surface area (Å²) in [7, 11) is -3.04. The van der Waals surface area contributed by atoms with Crippen LogP contribution in [-0.4, -0.2) is 19.8 Å². The summed E-state index contributed by atoms with van der Waals surface area (Å²) in [5, 5.41) is 9.84. The quantitative estimate of drug-likeness (QED) is 0.805. The molecule has 0 atom stereocenters. The smallest absolute Gasteiger partial charge is 0.152 e. The van der Waals surface area contributed by atoms with E-state index >= 15 is 0 Å². The zero-order chi connectivity index (χ0) is 18.1. The molecule has 0 aliphatic carbocycles. The van der Waals surface area contributed by atoms with E-state index in [1.54, 1.807) is 17.4 Å². The van der Waals surface area contributed by atoms with E-state index in [1.807, 2.05) is 26.0 Å². The van der Waals surface area contributed by atoms with E-state index in [-0.39, 0.29) is 11.2 Å². The molecule has 1 N–H and O–H groups in total. The number of phenolic OH excluding ortho intramolecular Hbond substituents is 1. The summed E-state index contributed by atoms with van der Waals surface area (Å²) in [5.74, 6) is 0.404. The van der Waals surface area contributed by atoms with Gasteiger partial charge in [-0.1, -0.05) is 26.0 Å². The Morgan fingerprint density at radius 1 is 1.08 bits per heavy atom. The predicted molar refractivity (Wildman–Crippen MR) is 102 cm³/mol. The van der Waals surface area contributed by atoms with E-state index in [2.05, 4.69) is 19.9 Å². The number of aromatic hydroxyl groups is 1. The van der Waals surface area contributed by atoms with Gasteiger partial charge in [-0.25, -0.2) is 8.42 Å². The largest absolute Gasteiger partial charge is 0.508 e. The average molecular weight is 367 g/mol. The van der Waals surface area contributed by atoms with Crippen LogP contribution < -0.4 is 0 Å². The Balaban J connectivity index is 2.58. The number of hydrogen-bond acceptors (Lipinski definition) is 4. The molecule has 0 fully saturated rings. The average Bonchev–Trinajstić information content (AvgIpc) is 2.84. The summed E-state index contributed by atoms with van der Waals surface area (Å²) in [6, 6.07) is 7.93. The fraction of sp³-hybridized carbons (Fsp3) is 0.474. The van der Waals surface area contributed by atoms with Crippen molar-refractivity contribution >= 4 is 21.2 Å². The topological polar surface area (TPSA) is 54.4 Å². The van der Waals surface area contributed by atoms with Crippen LogP contribution >= 0.6 is 11.3 Å². The molecule has 0 aliphatic heterocycles. The Kier molecular flexibility index (Phi) is 5.45. The van der Waals surface area contributed by atoms with Crippen molar-refractivity contribution < 1.29 is 13.5 Å². The lowest BCUT2D eigenvalue weighted by Crippen LogP contribution is -2.24. The van der Waals surface area contributed by atoms with Crippen LogP contribution in [0.5, 0.6) is 5.75 Å². The third-order valence-corrected chi connectivity index (χ3v) is 7.28. The Morgan fingerprint density at radius 2 is 1.71 bits per heavy atom. The summed E-state index contributed by atoms with van der Waals surface area (Å²) in [5.41, 5.74) is 2.93. The van der Waals surface area contributed by atoms with Gasteiger partial charge in [0.25, 0.3) is 0 Å². The molecule has 5 heteroatoms. The molecule has 0 unspecified atom stereocenters. The molecule has 0 radical (unpaired) electrons. The van der Waals surface area contributed by atoms with Gasteiger partial charge >= 0.3 is 0 Å². The second-order valence-electron chi connectivity index (χ2n) is 6.58. The molecule has 2 aromatic rings. The first-order chi connectivity index (χ1) is 11.1. The molecule has 0 amide bonds. The number of sulfone groups is 1. The van der Waals surface area contributed by atoms with Crippen LogP contribution in [0.25, 0.3) is 0 Å². The van der Waals surface area contributed by atoms with Gasteiger partial charge in [0.1, 0.15) is 5.75 Å². The molecule has 24 heavy (non-hydrogen) atoms. The van der Waals surface area contributed by atoms with Crippen molar-refractivity contribution in [3.63, 3.8) is 0 Å². The minimum atomic E-state index is -3.04. The molecule has 1 aromatic heterocycles. The molecule has 2 rings (SSSR count). The summed E-state index contributed by atoms with van der Waals surface area (Å²) in [6.45, 7) is 8.22. The minimum Gasteiger partial charge on any atom is -0.508 e. The highest BCUT2D eigenvalue weighted by Gasteiger charge is 2.33. The molecule has 0 saturated heterocycles. The molecule has 1 aromatic carbocycles. The van der Waals surface area contributed by atoms with Crippen molar-refractivity contribution in [2.45, 2.75) is 51.7 Å². The van der Waals surface area contributed by atoms with Gasteiger partial charge in [0.15, 0.2) is 9.84 Å². The normalized spacial score (nSPS) is 12.5. The lowest BCUT2D eigenvalue weighted by molar-refractivity contribution is 0.464. The third kappa shape index (κ3) is 3.67. The zero-order valence-corrected chi connectivity index (χ0v) is 16.6. The summed E-state index contributed by atoms with van der Waals surface area (Å²) < 4.78 is 23.4. The van der Waals surface area contributed by atoms with E-state index in [0.717, 1.165) is 28.8 Å².